The molecule has 102 valence electrons. The first-order valence-electron chi connectivity index (χ1n) is 6.07. The van der Waals surface area contributed by atoms with Gasteiger partial charge in [-0.25, -0.2) is 8.42 Å². The van der Waals surface area contributed by atoms with Crippen molar-refractivity contribution in [3.05, 3.63) is 21.9 Å². The summed E-state index contributed by atoms with van der Waals surface area (Å²) in [6.07, 6.45) is 0.678. The van der Waals surface area contributed by atoms with Crippen molar-refractivity contribution in [1.29, 1.82) is 0 Å². The molecule has 4 nitrogen and oxygen atoms in total. The lowest BCUT2D eigenvalue weighted by atomic mass is 9.97. The smallest absolute Gasteiger partial charge is 0.150 e. The van der Waals surface area contributed by atoms with E-state index >= 15 is 0 Å². The monoisotopic (exact) mass is 289 g/mol. The van der Waals surface area contributed by atoms with Crippen LogP contribution in [-0.2, 0) is 16.4 Å². The molecule has 0 radical (unpaired) electrons. The van der Waals surface area contributed by atoms with Crippen molar-refractivity contribution in [2.45, 2.75) is 31.9 Å². The molecule has 18 heavy (non-hydrogen) atoms. The van der Waals surface area contributed by atoms with Crippen molar-refractivity contribution < 1.29 is 13.5 Å². The Hall–Kier alpha value is -0.430. The van der Waals surface area contributed by atoms with Gasteiger partial charge < -0.3 is 10.4 Å². The second-order valence-corrected chi connectivity index (χ2v) is 8.67. The Labute approximate surface area is 112 Å². The van der Waals surface area contributed by atoms with Gasteiger partial charge in [0.25, 0.3) is 0 Å². The molecule has 2 rings (SSSR count). The lowest BCUT2D eigenvalue weighted by Crippen LogP contribution is -2.46. The molecule has 6 heteroatoms. The van der Waals surface area contributed by atoms with Crippen molar-refractivity contribution >= 4 is 21.2 Å². The molecule has 2 heterocycles. The van der Waals surface area contributed by atoms with E-state index in [1.807, 2.05) is 0 Å². The van der Waals surface area contributed by atoms with E-state index in [0.717, 1.165) is 6.54 Å². The Morgan fingerprint density at radius 2 is 2.06 bits per heavy atom. The fourth-order valence-electron chi connectivity index (χ4n) is 2.09. The molecule has 1 aromatic rings. The standard InChI is InChI=1S/C12H19NO3S2/c1-10-2-3-11(17-10)8-13-9-12(14)4-6-18(15,16)7-5-12/h2-3,13-14H,4-9H2,1H3. The highest BCUT2D eigenvalue weighted by molar-refractivity contribution is 7.91. The van der Waals surface area contributed by atoms with Gasteiger partial charge in [-0.3, -0.25) is 0 Å². The van der Waals surface area contributed by atoms with Gasteiger partial charge >= 0.3 is 0 Å². The van der Waals surface area contributed by atoms with Gasteiger partial charge in [-0.15, -0.1) is 11.3 Å². The third-order valence-corrected chi connectivity index (χ3v) is 5.96. The molecule has 0 spiro atoms. The highest BCUT2D eigenvalue weighted by Crippen LogP contribution is 2.23. The van der Waals surface area contributed by atoms with Gasteiger partial charge in [-0.2, -0.15) is 0 Å². The van der Waals surface area contributed by atoms with Gasteiger partial charge in [0.2, 0.25) is 0 Å². The SMILES string of the molecule is Cc1ccc(CNCC2(O)CCS(=O)(=O)CC2)s1. The summed E-state index contributed by atoms with van der Waals surface area (Å²) in [5, 5.41) is 13.5. The van der Waals surface area contributed by atoms with E-state index in [4.69, 9.17) is 0 Å². The van der Waals surface area contributed by atoms with E-state index in [0.29, 0.717) is 19.4 Å². The van der Waals surface area contributed by atoms with Crippen molar-refractivity contribution in [3.8, 4) is 0 Å². The zero-order chi connectivity index (χ0) is 13.2. The Morgan fingerprint density at radius 3 is 2.61 bits per heavy atom. The molecule has 0 aliphatic carbocycles. The van der Waals surface area contributed by atoms with E-state index in [9.17, 15) is 13.5 Å². The summed E-state index contributed by atoms with van der Waals surface area (Å²) in [4.78, 5) is 2.51. The largest absolute Gasteiger partial charge is 0.388 e. The molecule has 0 saturated carbocycles. The van der Waals surface area contributed by atoms with Crippen LogP contribution in [0.25, 0.3) is 0 Å². The predicted molar refractivity (Wildman–Crippen MR) is 73.6 cm³/mol. The maximum Gasteiger partial charge on any atom is 0.150 e. The molecule has 1 aliphatic rings. The Balaban J connectivity index is 1.80. The molecule has 0 amide bonds. The molecular weight excluding hydrogens is 270 g/mol. The third kappa shape index (κ3) is 3.78. The lowest BCUT2D eigenvalue weighted by molar-refractivity contribution is 0.0304. The van der Waals surface area contributed by atoms with Gasteiger partial charge in [0, 0.05) is 22.8 Å². The maximum atomic E-state index is 11.3. The van der Waals surface area contributed by atoms with Gasteiger partial charge in [0.1, 0.15) is 0 Å². The van der Waals surface area contributed by atoms with E-state index in [-0.39, 0.29) is 11.5 Å². The van der Waals surface area contributed by atoms with Crippen LogP contribution in [0, 0.1) is 6.92 Å². The van der Waals surface area contributed by atoms with Crippen LogP contribution >= 0.6 is 11.3 Å². The van der Waals surface area contributed by atoms with Gasteiger partial charge in [-0.1, -0.05) is 0 Å². The highest BCUT2D eigenvalue weighted by atomic mass is 32.2. The van der Waals surface area contributed by atoms with Crippen molar-refractivity contribution in [2.24, 2.45) is 0 Å². The minimum Gasteiger partial charge on any atom is -0.388 e. The van der Waals surface area contributed by atoms with Crippen molar-refractivity contribution in [1.82, 2.24) is 5.32 Å². The number of hydrogen-bond acceptors (Lipinski definition) is 5. The van der Waals surface area contributed by atoms with Crippen LogP contribution < -0.4 is 5.32 Å². The van der Waals surface area contributed by atoms with Crippen molar-refractivity contribution in [2.75, 3.05) is 18.1 Å². The van der Waals surface area contributed by atoms with Crippen LogP contribution in [0.2, 0.25) is 0 Å². The summed E-state index contributed by atoms with van der Waals surface area (Å²) < 4.78 is 22.6. The number of aryl methyl sites for hydroxylation is 1. The maximum absolute atomic E-state index is 11.3. The Morgan fingerprint density at radius 1 is 1.39 bits per heavy atom. The second-order valence-electron chi connectivity index (χ2n) is 4.99. The fraction of sp³-hybridized carbons (Fsp3) is 0.667. The molecule has 0 bridgehead atoms. The third-order valence-electron chi connectivity index (χ3n) is 3.31. The first-order valence-corrected chi connectivity index (χ1v) is 8.71. The van der Waals surface area contributed by atoms with E-state index in [2.05, 4.69) is 24.4 Å². The van der Waals surface area contributed by atoms with Gasteiger partial charge in [0.15, 0.2) is 9.84 Å². The molecule has 0 aromatic carbocycles. The first kappa shape index (κ1) is 14.0. The average molecular weight is 289 g/mol. The van der Waals surface area contributed by atoms with Crippen LogP contribution in [0.15, 0.2) is 12.1 Å². The molecule has 0 unspecified atom stereocenters. The lowest BCUT2D eigenvalue weighted by Gasteiger charge is -2.32. The summed E-state index contributed by atoms with van der Waals surface area (Å²) in [5.74, 6) is 0.201. The van der Waals surface area contributed by atoms with Gasteiger partial charge in [-0.05, 0) is 31.9 Å². The number of nitrogens with one attached hydrogen (secondary N) is 1. The normalized spacial score (nSPS) is 21.9. The first-order chi connectivity index (χ1) is 8.39. The fourth-order valence-corrected chi connectivity index (χ4v) is 4.54. The molecular formula is C12H19NO3S2. The van der Waals surface area contributed by atoms with E-state index in [1.165, 1.54) is 9.75 Å². The van der Waals surface area contributed by atoms with Crippen LogP contribution in [0.1, 0.15) is 22.6 Å². The van der Waals surface area contributed by atoms with Gasteiger partial charge in [0.05, 0.1) is 17.1 Å². The molecule has 0 atom stereocenters. The average Bonchev–Trinajstić information content (AvgIpc) is 2.70. The summed E-state index contributed by atoms with van der Waals surface area (Å²) in [5.41, 5.74) is -0.863. The topological polar surface area (TPSA) is 66.4 Å². The number of rotatable bonds is 4. The second kappa shape index (κ2) is 5.28. The summed E-state index contributed by atoms with van der Waals surface area (Å²) in [6.45, 7) is 3.25. The van der Waals surface area contributed by atoms with Crippen LogP contribution in [0.3, 0.4) is 0 Å². The van der Waals surface area contributed by atoms with Crippen molar-refractivity contribution in [3.63, 3.8) is 0 Å². The highest BCUT2D eigenvalue weighted by Gasteiger charge is 2.34. The molecule has 1 aliphatic heterocycles. The minimum absolute atomic E-state index is 0.100. The number of sulfone groups is 1. The number of thiophene rings is 1. The van der Waals surface area contributed by atoms with Crippen LogP contribution in [0.5, 0.6) is 0 Å². The zero-order valence-corrected chi connectivity index (χ0v) is 12.1. The quantitative estimate of drug-likeness (QED) is 0.870. The Bertz CT molecular complexity index is 493. The predicted octanol–water partition coefficient (Wildman–Crippen LogP) is 1.09. The Kier molecular flexibility index (Phi) is 4.11. The van der Waals surface area contributed by atoms with E-state index < -0.39 is 15.4 Å². The van der Waals surface area contributed by atoms with E-state index in [1.54, 1.807) is 11.3 Å². The zero-order valence-electron chi connectivity index (χ0n) is 10.5. The molecule has 2 N–H and O–H groups in total. The van der Waals surface area contributed by atoms with Crippen LogP contribution in [-0.4, -0.2) is 37.2 Å². The molecule has 1 saturated heterocycles. The summed E-state index contributed by atoms with van der Waals surface area (Å²) >= 11 is 1.73. The number of aliphatic hydroxyl groups is 1. The summed E-state index contributed by atoms with van der Waals surface area (Å²) in [7, 11) is -2.91. The molecule has 1 fully saturated rings. The minimum atomic E-state index is -2.91. The molecule has 1 aromatic heterocycles. The number of hydrogen-bond donors (Lipinski definition) is 2. The van der Waals surface area contributed by atoms with Crippen LogP contribution in [0.4, 0.5) is 0 Å². The summed E-state index contributed by atoms with van der Waals surface area (Å²) in [6, 6.07) is 4.14.